The lowest BCUT2D eigenvalue weighted by Crippen LogP contribution is -2.51. The Balaban J connectivity index is 1.36. The topological polar surface area (TPSA) is 64.8 Å². The molecule has 7 nitrogen and oxygen atoms in total. The number of nitrogens with two attached hydrogens (primary N) is 1. The van der Waals surface area contributed by atoms with Crippen LogP contribution in [-0.2, 0) is 0 Å². The van der Waals surface area contributed by atoms with Crippen LogP contribution in [0.1, 0.15) is 32.6 Å². The number of hydrogen-bond donors (Lipinski definition) is 1. The van der Waals surface area contributed by atoms with Gasteiger partial charge in [-0.1, -0.05) is 0 Å². The van der Waals surface area contributed by atoms with Crippen molar-refractivity contribution in [1.82, 2.24) is 19.8 Å². The van der Waals surface area contributed by atoms with Crippen molar-refractivity contribution in [3.8, 4) is 0 Å². The predicted octanol–water partition coefficient (Wildman–Crippen LogP) is 1.51. The molecule has 1 aromatic rings. The molecule has 0 spiro atoms. The first kappa shape index (κ1) is 18.7. The van der Waals surface area contributed by atoms with E-state index in [-0.39, 0.29) is 0 Å². The fourth-order valence-corrected chi connectivity index (χ4v) is 4.85. The maximum Gasteiger partial charge on any atom is 0.223 e. The lowest BCUT2D eigenvalue weighted by atomic mass is 9.89. The Labute approximate surface area is 163 Å². The molecule has 3 aliphatic heterocycles. The van der Waals surface area contributed by atoms with Crippen LogP contribution in [0.3, 0.4) is 0 Å². The van der Waals surface area contributed by atoms with E-state index in [1.165, 1.54) is 51.9 Å². The number of hydrogen-bond acceptors (Lipinski definition) is 7. The first-order valence-corrected chi connectivity index (χ1v) is 10.7. The summed E-state index contributed by atoms with van der Waals surface area (Å²) in [7, 11) is 2.23. The van der Waals surface area contributed by atoms with Gasteiger partial charge in [-0.05, 0) is 45.6 Å². The second-order valence-corrected chi connectivity index (χ2v) is 8.54. The maximum atomic E-state index is 6.03. The number of aromatic nitrogens is 2. The van der Waals surface area contributed by atoms with E-state index in [4.69, 9.17) is 5.73 Å². The highest BCUT2D eigenvalue weighted by atomic mass is 15.3. The van der Waals surface area contributed by atoms with Gasteiger partial charge in [0.25, 0.3) is 0 Å². The molecule has 150 valence electrons. The van der Waals surface area contributed by atoms with E-state index >= 15 is 0 Å². The number of nitrogens with zero attached hydrogens (tertiary/aromatic N) is 6. The third-order valence-corrected chi connectivity index (χ3v) is 6.81. The Hall–Kier alpha value is -1.60. The van der Waals surface area contributed by atoms with Gasteiger partial charge in [0.2, 0.25) is 5.95 Å². The number of likely N-dealkylation sites (N-methyl/N-ethyl adjacent to an activating group) is 1. The zero-order valence-corrected chi connectivity index (χ0v) is 17.0. The monoisotopic (exact) mass is 373 g/mol. The zero-order chi connectivity index (χ0) is 18.8. The van der Waals surface area contributed by atoms with Gasteiger partial charge < -0.3 is 20.4 Å². The number of nitrogen functional groups attached to an aromatic ring is 1. The SMILES string of the molecule is C[C@@H](C1CCN(c2cc(N3CCCC3)nc(N)n2)CC1)N1CCN(C)CC1. The van der Waals surface area contributed by atoms with Crippen molar-refractivity contribution in [1.29, 1.82) is 0 Å². The summed E-state index contributed by atoms with van der Waals surface area (Å²) in [6.45, 7) is 11.5. The standard InChI is InChI=1S/C20H35N7/c1-16(25-13-11-24(2)12-14-25)17-5-9-27(10-6-17)19-15-18(22-20(21)23-19)26-7-3-4-8-26/h15-17H,3-14H2,1-2H3,(H2,21,22,23)/t16-/m0/s1. The van der Waals surface area contributed by atoms with Crippen LogP contribution in [0.4, 0.5) is 17.6 Å². The van der Waals surface area contributed by atoms with Crippen LogP contribution in [0.25, 0.3) is 0 Å². The number of piperazine rings is 1. The van der Waals surface area contributed by atoms with Gasteiger partial charge in [0.05, 0.1) is 0 Å². The van der Waals surface area contributed by atoms with Crippen molar-refractivity contribution < 1.29 is 0 Å². The summed E-state index contributed by atoms with van der Waals surface area (Å²) in [5.74, 6) is 3.20. The van der Waals surface area contributed by atoms with E-state index in [0.29, 0.717) is 12.0 Å². The van der Waals surface area contributed by atoms with Crippen LogP contribution in [0.15, 0.2) is 6.07 Å². The zero-order valence-electron chi connectivity index (χ0n) is 17.0. The van der Waals surface area contributed by atoms with Gasteiger partial charge in [-0.3, -0.25) is 4.90 Å². The summed E-state index contributed by atoms with van der Waals surface area (Å²) in [4.78, 5) is 18.9. The lowest BCUT2D eigenvalue weighted by molar-refractivity contribution is 0.0813. The Bertz CT molecular complexity index is 615. The van der Waals surface area contributed by atoms with Gasteiger partial charge >= 0.3 is 0 Å². The van der Waals surface area contributed by atoms with E-state index in [2.05, 4.69) is 49.6 Å². The van der Waals surface area contributed by atoms with Gasteiger partial charge in [-0.25, -0.2) is 0 Å². The number of piperidine rings is 1. The molecule has 0 radical (unpaired) electrons. The molecule has 2 N–H and O–H groups in total. The average molecular weight is 374 g/mol. The molecule has 0 amide bonds. The molecule has 0 bridgehead atoms. The highest BCUT2D eigenvalue weighted by Crippen LogP contribution is 2.29. The normalized spacial score (nSPS) is 24.5. The predicted molar refractivity (Wildman–Crippen MR) is 111 cm³/mol. The van der Waals surface area contributed by atoms with Gasteiger partial charge in [0, 0.05) is 64.5 Å². The molecule has 0 saturated carbocycles. The first-order chi connectivity index (χ1) is 13.1. The van der Waals surface area contributed by atoms with E-state index in [1.54, 1.807) is 0 Å². The Morgan fingerprint density at radius 2 is 1.44 bits per heavy atom. The van der Waals surface area contributed by atoms with Crippen molar-refractivity contribution in [3.63, 3.8) is 0 Å². The van der Waals surface area contributed by atoms with Gasteiger partial charge in [0.15, 0.2) is 0 Å². The van der Waals surface area contributed by atoms with Crippen LogP contribution in [0.2, 0.25) is 0 Å². The fourth-order valence-electron chi connectivity index (χ4n) is 4.85. The van der Waals surface area contributed by atoms with Gasteiger partial charge in [-0.2, -0.15) is 9.97 Å². The fraction of sp³-hybridized carbons (Fsp3) is 0.800. The molecule has 3 saturated heterocycles. The van der Waals surface area contributed by atoms with Crippen LogP contribution < -0.4 is 15.5 Å². The molecular formula is C20H35N7. The highest BCUT2D eigenvalue weighted by molar-refractivity contribution is 5.54. The smallest absolute Gasteiger partial charge is 0.223 e. The second kappa shape index (κ2) is 8.19. The lowest BCUT2D eigenvalue weighted by Gasteiger charge is -2.43. The van der Waals surface area contributed by atoms with Gasteiger partial charge in [-0.15, -0.1) is 0 Å². The average Bonchev–Trinajstić information content (AvgIpc) is 3.23. The van der Waals surface area contributed by atoms with Crippen molar-refractivity contribution >= 4 is 17.6 Å². The first-order valence-electron chi connectivity index (χ1n) is 10.7. The number of anilines is 3. The van der Waals surface area contributed by atoms with Crippen molar-refractivity contribution in [3.05, 3.63) is 6.07 Å². The van der Waals surface area contributed by atoms with Gasteiger partial charge in [0.1, 0.15) is 11.6 Å². The minimum absolute atomic E-state index is 0.405. The molecule has 3 aliphatic rings. The van der Waals surface area contributed by atoms with Crippen LogP contribution in [0.5, 0.6) is 0 Å². The maximum absolute atomic E-state index is 6.03. The molecule has 27 heavy (non-hydrogen) atoms. The van der Waals surface area contributed by atoms with E-state index in [0.717, 1.165) is 43.7 Å². The number of rotatable bonds is 4. The van der Waals surface area contributed by atoms with E-state index in [1.807, 2.05) is 0 Å². The molecule has 3 fully saturated rings. The second-order valence-electron chi connectivity index (χ2n) is 8.54. The minimum Gasteiger partial charge on any atom is -0.368 e. The molecule has 0 unspecified atom stereocenters. The largest absolute Gasteiger partial charge is 0.368 e. The van der Waals surface area contributed by atoms with Crippen molar-refractivity contribution in [2.45, 2.75) is 38.6 Å². The van der Waals surface area contributed by atoms with Crippen molar-refractivity contribution in [2.75, 3.05) is 74.9 Å². The third kappa shape index (κ3) is 4.29. The van der Waals surface area contributed by atoms with Crippen LogP contribution in [-0.4, -0.2) is 85.2 Å². The van der Waals surface area contributed by atoms with E-state index in [9.17, 15) is 0 Å². The summed E-state index contributed by atoms with van der Waals surface area (Å²) >= 11 is 0. The van der Waals surface area contributed by atoms with E-state index < -0.39 is 0 Å². The molecule has 7 heteroatoms. The van der Waals surface area contributed by atoms with Crippen LogP contribution >= 0.6 is 0 Å². The Kier molecular flexibility index (Phi) is 5.68. The summed E-state index contributed by atoms with van der Waals surface area (Å²) in [5.41, 5.74) is 6.03. The summed E-state index contributed by atoms with van der Waals surface area (Å²) in [6, 6.07) is 2.82. The molecule has 4 rings (SSSR count). The summed E-state index contributed by atoms with van der Waals surface area (Å²) in [6.07, 6.45) is 4.95. The molecule has 1 atom stereocenters. The molecule has 0 aromatic carbocycles. The van der Waals surface area contributed by atoms with Crippen molar-refractivity contribution in [2.24, 2.45) is 5.92 Å². The molecule has 4 heterocycles. The minimum atomic E-state index is 0.405. The molecule has 1 aromatic heterocycles. The summed E-state index contributed by atoms with van der Waals surface area (Å²) < 4.78 is 0. The Morgan fingerprint density at radius 3 is 2.04 bits per heavy atom. The quantitative estimate of drug-likeness (QED) is 0.858. The molecule has 0 aliphatic carbocycles. The summed E-state index contributed by atoms with van der Waals surface area (Å²) in [5, 5.41) is 0. The molecular weight excluding hydrogens is 338 g/mol. The van der Waals surface area contributed by atoms with Crippen LogP contribution in [0, 0.1) is 5.92 Å². The third-order valence-electron chi connectivity index (χ3n) is 6.81. The highest BCUT2D eigenvalue weighted by Gasteiger charge is 2.30. The Morgan fingerprint density at radius 1 is 0.889 bits per heavy atom.